The first-order valence-electron chi connectivity index (χ1n) is 4.67. The summed E-state index contributed by atoms with van der Waals surface area (Å²) in [5.74, 6) is -1.18. The minimum atomic E-state index is -0.462. The molecule has 0 amide bonds. The summed E-state index contributed by atoms with van der Waals surface area (Å²) < 4.78 is 17.6. The van der Waals surface area contributed by atoms with Crippen molar-refractivity contribution < 1.29 is 13.9 Å². The molecule has 0 bridgehead atoms. The van der Waals surface area contributed by atoms with Gasteiger partial charge in [0.15, 0.2) is 0 Å². The highest BCUT2D eigenvalue weighted by Gasteiger charge is 2.20. The molecule has 4 heteroatoms. The first-order chi connectivity index (χ1) is 7.19. The Morgan fingerprint density at radius 2 is 2.33 bits per heavy atom. The molecule has 82 valence electrons. The van der Waals surface area contributed by atoms with Gasteiger partial charge >= 0.3 is 5.97 Å². The number of carbonyl (C=O) groups is 1. The number of halogens is 1. The van der Waals surface area contributed by atoms with E-state index in [4.69, 9.17) is 0 Å². The average molecular weight is 211 g/mol. The molecular weight excluding hydrogens is 197 g/mol. The summed E-state index contributed by atoms with van der Waals surface area (Å²) in [5.41, 5.74) is 0.621. The van der Waals surface area contributed by atoms with Crippen LogP contribution in [0.1, 0.15) is 11.5 Å². The lowest BCUT2D eigenvalue weighted by Crippen LogP contribution is -2.25. The van der Waals surface area contributed by atoms with E-state index in [1.165, 1.54) is 19.2 Å². The normalized spacial score (nSPS) is 12.2. The quantitative estimate of drug-likeness (QED) is 0.763. The van der Waals surface area contributed by atoms with E-state index in [2.05, 4.69) is 10.1 Å². The van der Waals surface area contributed by atoms with Gasteiger partial charge in [0.25, 0.3) is 0 Å². The van der Waals surface area contributed by atoms with E-state index in [0.717, 1.165) is 0 Å². The van der Waals surface area contributed by atoms with Crippen molar-refractivity contribution in [2.45, 2.75) is 5.92 Å². The van der Waals surface area contributed by atoms with Gasteiger partial charge in [-0.2, -0.15) is 0 Å². The maximum Gasteiger partial charge on any atom is 0.314 e. The zero-order chi connectivity index (χ0) is 11.3. The molecule has 1 aromatic rings. The molecule has 0 aliphatic rings. The Balaban J connectivity index is 2.93. The molecule has 0 radical (unpaired) electrons. The monoisotopic (exact) mass is 211 g/mol. The van der Waals surface area contributed by atoms with Crippen molar-refractivity contribution in [2.75, 3.05) is 20.7 Å². The van der Waals surface area contributed by atoms with Crippen LogP contribution in [-0.2, 0) is 9.53 Å². The Morgan fingerprint density at radius 1 is 1.60 bits per heavy atom. The van der Waals surface area contributed by atoms with Gasteiger partial charge in [-0.05, 0) is 24.7 Å². The first-order valence-corrected chi connectivity index (χ1v) is 4.67. The van der Waals surface area contributed by atoms with Crippen molar-refractivity contribution in [3.05, 3.63) is 35.6 Å². The van der Waals surface area contributed by atoms with E-state index in [0.29, 0.717) is 12.1 Å². The molecule has 1 atom stereocenters. The molecule has 1 N–H and O–H groups in total. The summed E-state index contributed by atoms with van der Waals surface area (Å²) in [6, 6.07) is 5.98. The number of rotatable bonds is 4. The maximum absolute atomic E-state index is 13.0. The number of carbonyl (C=O) groups excluding carboxylic acids is 1. The lowest BCUT2D eigenvalue weighted by atomic mass is 9.99. The third kappa shape index (κ3) is 3.02. The highest BCUT2D eigenvalue weighted by Crippen LogP contribution is 2.17. The predicted octanol–water partition coefficient (Wildman–Crippen LogP) is 1.30. The topological polar surface area (TPSA) is 38.3 Å². The summed E-state index contributed by atoms with van der Waals surface area (Å²) in [4.78, 5) is 11.4. The fourth-order valence-electron chi connectivity index (χ4n) is 1.41. The Kier molecular flexibility index (Phi) is 4.24. The zero-order valence-corrected chi connectivity index (χ0v) is 8.79. The SMILES string of the molecule is CNCC(C(=O)OC)c1cccc(F)c1. The van der Waals surface area contributed by atoms with Crippen molar-refractivity contribution in [1.82, 2.24) is 5.32 Å². The van der Waals surface area contributed by atoms with Crippen molar-refractivity contribution in [3.63, 3.8) is 0 Å². The van der Waals surface area contributed by atoms with Crippen LogP contribution in [0, 0.1) is 5.82 Å². The molecule has 0 aromatic heterocycles. The second kappa shape index (κ2) is 5.46. The Morgan fingerprint density at radius 3 is 2.87 bits per heavy atom. The fraction of sp³-hybridized carbons (Fsp3) is 0.364. The lowest BCUT2D eigenvalue weighted by molar-refractivity contribution is -0.142. The van der Waals surface area contributed by atoms with Crippen molar-refractivity contribution in [2.24, 2.45) is 0 Å². The Labute approximate surface area is 88.2 Å². The summed E-state index contributed by atoms with van der Waals surface area (Å²) in [5, 5.41) is 2.88. The van der Waals surface area contributed by atoms with Crippen LogP contribution in [0.5, 0.6) is 0 Å². The summed E-state index contributed by atoms with van der Waals surface area (Å²) in [6.45, 7) is 0.427. The first kappa shape index (κ1) is 11.7. The van der Waals surface area contributed by atoms with Crippen LogP contribution in [0.25, 0.3) is 0 Å². The molecule has 0 heterocycles. The van der Waals surface area contributed by atoms with Crippen molar-refractivity contribution >= 4 is 5.97 Å². The molecule has 1 unspecified atom stereocenters. The molecule has 0 aliphatic carbocycles. The fourth-order valence-corrected chi connectivity index (χ4v) is 1.41. The third-order valence-electron chi connectivity index (χ3n) is 2.14. The lowest BCUT2D eigenvalue weighted by Gasteiger charge is -2.14. The van der Waals surface area contributed by atoms with E-state index in [-0.39, 0.29) is 11.8 Å². The van der Waals surface area contributed by atoms with Gasteiger partial charge in [0.1, 0.15) is 5.82 Å². The molecule has 0 saturated carbocycles. The van der Waals surface area contributed by atoms with Crippen LogP contribution >= 0.6 is 0 Å². The number of benzene rings is 1. The van der Waals surface area contributed by atoms with Crippen LogP contribution < -0.4 is 5.32 Å². The van der Waals surface area contributed by atoms with E-state index < -0.39 is 5.92 Å². The van der Waals surface area contributed by atoms with Gasteiger partial charge in [-0.25, -0.2) is 4.39 Å². The highest BCUT2D eigenvalue weighted by atomic mass is 19.1. The van der Waals surface area contributed by atoms with Gasteiger partial charge in [-0.3, -0.25) is 4.79 Å². The van der Waals surface area contributed by atoms with E-state index in [1.54, 1.807) is 19.2 Å². The van der Waals surface area contributed by atoms with Crippen molar-refractivity contribution in [1.29, 1.82) is 0 Å². The van der Waals surface area contributed by atoms with Crippen LogP contribution in [0.15, 0.2) is 24.3 Å². The predicted molar refractivity (Wildman–Crippen MR) is 55.1 cm³/mol. The van der Waals surface area contributed by atoms with Crippen molar-refractivity contribution in [3.8, 4) is 0 Å². The van der Waals surface area contributed by atoms with E-state index >= 15 is 0 Å². The largest absolute Gasteiger partial charge is 0.469 e. The van der Waals surface area contributed by atoms with Gasteiger partial charge in [0.05, 0.1) is 13.0 Å². The minimum absolute atomic E-state index is 0.350. The number of likely N-dealkylation sites (N-methyl/N-ethyl adjacent to an activating group) is 1. The number of methoxy groups -OCH3 is 1. The average Bonchev–Trinajstić information content (AvgIpc) is 2.25. The van der Waals surface area contributed by atoms with E-state index in [1.807, 2.05) is 0 Å². The smallest absolute Gasteiger partial charge is 0.314 e. The molecule has 1 aromatic carbocycles. The molecule has 3 nitrogen and oxygen atoms in total. The second-order valence-electron chi connectivity index (χ2n) is 3.19. The molecular formula is C11H14FNO2. The Bertz CT molecular complexity index is 341. The number of ether oxygens (including phenoxy) is 1. The molecule has 0 spiro atoms. The van der Waals surface area contributed by atoms with Gasteiger partial charge in [-0.15, -0.1) is 0 Å². The Hall–Kier alpha value is -1.42. The van der Waals surface area contributed by atoms with Gasteiger partial charge in [0.2, 0.25) is 0 Å². The van der Waals surface area contributed by atoms with Gasteiger partial charge < -0.3 is 10.1 Å². The number of hydrogen-bond donors (Lipinski definition) is 1. The maximum atomic E-state index is 13.0. The van der Waals surface area contributed by atoms with Crippen LogP contribution in [0.2, 0.25) is 0 Å². The number of esters is 1. The van der Waals surface area contributed by atoms with Crippen LogP contribution in [0.4, 0.5) is 4.39 Å². The van der Waals surface area contributed by atoms with E-state index in [9.17, 15) is 9.18 Å². The summed E-state index contributed by atoms with van der Waals surface area (Å²) in [6.07, 6.45) is 0. The zero-order valence-electron chi connectivity index (χ0n) is 8.79. The summed E-state index contributed by atoms with van der Waals surface area (Å²) in [7, 11) is 3.06. The highest BCUT2D eigenvalue weighted by molar-refractivity contribution is 5.78. The summed E-state index contributed by atoms with van der Waals surface area (Å²) >= 11 is 0. The number of nitrogens with one attached hydrogen (secondary N) is 1. The number of hydrogen-bond acceptors (Lipinski definition) is 3. The molecule has 0 fully saturated rings. The second-order valence-corrected chi connectivity index (χ2v) is 3.19. The molecule has 0 saturated heterocycles. The van der Waals surface area contributed by atoms with Crippen LogP contribution in [-0.4, -0.2) is 26.7 Å². The minimum Gasteiger partial charge on any atom is -0.469 e. The molecule has 15 heavy (non-hydrogen) atoms. The van der Waals surface area contributed by atoms with Crippen LogP contribution in [0.3, 0.4) is 0 Å². The third-order valence-corrected chi connectivity index (χ3v) is 2.14. The van der Waals surface area contributed by atoms with Gasteiger partial charge in [0, 0.05) is 6.54 Å². The van der Waals surface area contributed by atoms with Gasteiger partial charge in [-0.1, -0.05) is 12.1 Å². The molecule has 0 aliphatic heterocycles. The molecule has 1 rings (SSSR count). The standard InChI is InChI=1S/C11H14FNO2/c1-13-7-10(11(14)15-2)8-4-3-5-9(12)6-8/h3-6,10,13H,7H2,1-2H3.